The maximum absolute atomic E-state index is 13.2. The Labute approximate surface area is 172 Å². The summed E-state index contributed by atoms with van der Waals surface area (Å²) in [6.07, 6.45) is 6.72. The highest BCUT2D eigenvalue weighted by molar-refractivity contribution is 7.14. The molecule has 2 aromatic heterocycles. The molecule has 3 aromatic rings. The molecule has 0 unspecified atom stereocenters. The lowest BCUT2D eigenvalue weighted by molar-refractivity contribution is 0.0719. The number of hydrogen-bond donors (Lipinski definition) is 0. The number of aryl methyl sites for hydroxylation is 2. The lowest BCUT2D eigenvalue weighted by atomic mass is 9.99. The van der Waals surface area contributed by atoms with E-state index in [0.717, 1.165) is 36.1 Å². The topological polar surface area (TPSA) is 59.2 Å². The third kappa shape index (κ3) is 3.59. The van der Waals surface area contributed by atoms with Crippen molar-refractivity contribution in [2.45, 2.75) is 51.1 Å². The Morgan fingerprint density at radius 3 is 2.71 bits per heavy atom. The number of hydrogen-bond acceptors (Lipinski definition) is 5. The number of carbonyl (C=O) groups is 1. The van der Waals surface area contributed by atoms with Crippen LogP contribution in [0.1, 0.15) is 51.7 Å². The van der Waals surface area contributed by atoms with Gasteiger partial charge in [-0.3, -0.25) is 4.79 Å². The molecule has 5 nitrogen and oxygen atoms in total. The van der Waals surface area contributed by atoms with Crippen LogP contribution in [0.3, 0.4) is 0 Å². The Kier molecular flexibility index (Phi) is 4.69. The zero-order valence-corrected chi connectivity index (χ0v) is 16.9. The summed E-state index contributed by atoms with van der Waals surface area (Å²) >= 11 is 7.60. The average Bonchev–Trinajstić information content (AvgIpc) is 3.28. The molecule has 0 aliphatic heterocycles. The molecule has 1 amide bonds. The molecule has 5 rings (SSSR count). The highest BCUT2D eigenvalue weighted by Crippen LogP contribution is 2.34. The molecule has 28 heavy (non-hydrogen) atoms. The molecule has 2 aliphatic rings. The molecule has 2 heterocycles. The van der Waals surface area contributed by atoms with Crippen molar-refractivity contribution in [1.82, 2.24) is 15.1 Å². The van der Waals surface area contributed by atoms with Crippen molar-refractivity contribution in [2.75, 3.05) is 0 Å². The van der Waals surface area contributed by atoms with Gasteiger partial charge in [0, 0.05) is 21.5 Å². The first-order valence-electron chi connectivity index (χ1n) is 9.68. The van der Waals surface area contributed by atoms with Crippen LogP contribution in [0.4, 0.5) is 0 Å². The molecule has 0 saturated heterocycles. The van der Waals surface area contributed by atoms with Crippen LogP contribution in [0.25, 0.3) is 11.5 Å². The Bertz CT molecular complexity index is 984. The van der Waals surface area contributed by atoms with Crippen molar-refractivity contribution >= 4 is 28.8 Å². The van der Waals surface area contributed by atoms with E-state index in [4.69, 9.17) is 16.0 Å². The van der Waals surface area contributed by atoms with Gasteiger partial charge in [0.05, 0.1) is 11.4 Å². The second kappa shape index (κ2) is 7.33. The third-order valence-corrected chi connectivity index (χ3v) is 6.80. The van der Waals surface area contributed by atoms with Crippen LogP contribution < -0.4 is 0 Å². The molecule has 0 atom stereocenters. The molecule has 1 saturated carbocycles. The summed E-state index contributed by atoms with van der Waals surface area (Å²) in [5.41, 5.74) is 2.18. The molecule has 0 N–H and O–H groups in total. The number of aromatic nitrogens is 2. The van der Waals surface area contributed by atoms with Crippen LogP contribution in [-0.2, 0) is 19.4 Å². The van der Waals surface area contributed by atoms with E-state index in [1.54, 1.807) is 23.5 Å². The number of nitrogens with zero attached hydrogens (tertiary/aromatic N) is 3. The minimum absolute atomic E-state index is 0.0909. The summed E-state index contributed by atoms with van der Waals surface area (Å²) in [6.45, 7) is 0.354. The first-order chi connectivity index (χ1) is 13.7. The first-order valence-corrected chi connectivity index (χ1v) is 10.9. The number of halogens is 1. The zero-order valence-electron chi connectivity index (χ0n) is 15.4. The molecule has 1 fully saturated rings. The van der Waals surface area contributed by atoms with Crippen molar-refractivity contribution in [1.29, 1.82) is 0 Å². The zero-order chi connectivity index (χ0) is 19.1. The van der Waals surface area contributed by atoms with E-state index in [-0.39, 0.29) is 11.9 Å². The normalized spacial score (nSPS) is 16.0. The summed E-state index contributed by atoms with van der Waals surface area (Å²) in [5, 5.41) is 8.96. The van der Waals surface area contributed by atoms with E-state index in [2.05, 4.69) is 16.3 Å². The number of fused-ring (bicyclic) bond motifs is 1. The maximum atomic E-state index is 13.2. The van der Waals surface area contributed by atoms with Gasteiger partial charge >= 0.3 is 0 Å². The third-order valence-electron chi connectivity index (χ3n) is 5.32. The minimum Gasteiger partial charge on any atom is -0.419 e. The van der Waals surface area contributed by atoms with E-state index in [9.17, 15) is 4.79 Å². The molecule has 0 spiro atoms. The highest BCUT2D eigenvalue weighted by Gasteiger charge is 2.35. The molecule has 0 radical (unpaired) electrons. The van der Waals surface area contributed by atoms with Gasteiger partial charge in [-0.25, -0.2) is 0 Å². The quantitative estimate of drug-likeness (QED) is 0.581. The summed E-state index contributed by atoms with van der Waals surface area (Å²) in [7, 11) is 0. The lowest BCUT2D eigenvalue weighted by Crippen LogP contribution is -2.32. The average molecular weight is 414 g/mol. The van der Waals surface area contributed by atoms with Gasteiger partial charge < -0.3 is 9.32 Å². The van der Waals surface area contributed by atoms with E-state index in [1.165, 1.54) is 23.3 Å². The Balaban J connectivity index is 1.35. The van der Waals surface area contributed by atoms with Crippen molar-refractivity contribution in [3.8, 4) is 11.5 Å². The number of benzene rings is 1. The van der Waals surface area contributed by atoms with Crippen molar-refractivity contribution in [2.24, 2.45) is 0 Å². The fraction of sp³-hybridized carbons (Fsp3) is 0.381. The van der Waals surface area contributed by atoms with Crippen LogP contribution in [0.2, 0.25) is 5.02 Å². The van der Waals surface area contributed by atoms with E-state index < -0.39 is 0 Å². The second-order valence-corrected chi connectivity index (χ2v) is 9.01. The van der Waals surface area contributed by atoms with Gasteiger partial charge in [-0.15, -0.1) is 21.5 Å². The Morgan fingerprint density at radius 2 is 1.96 bits per heavy atom. The number of amides is 1. The predicted octanol–water partition coefficient (Wildman–Crippen LogP) is 5.14. The first kappa shape index (κ1) is 17.9. The smallest absolute Gasteiger partial charge is 0.264 e. The van der Waals surface area contributed by atoms with Gasteiger partial charge in [-0.2, -0.15) is 0 Å². The molecule has 2 aliphatic carbocycles. The van der Waals surface area contributed by atoms with Crippen molar-refractivity contribution in [3.05, 3.63) is 56.6 Å². The summed E-state index contributed by atoms with van der Waals surface area (Å²) in [6, 6.07) is 9.65. The number of carbonyl (C=O) groups excluding carboxylic acids is 1. The van der Waals surface area contributed by atoms with Crippen LogP contribution >= 0.6 is 22.9 Å². The molecule has 7 heteroatoms. The summed E-state index contributed by atoms with van der Waals surface area (Å²) in [5.74, 6) is 1.00. The molecule has 1 aromatic carbocycles. The van der Waals surface area contributed by atoms with Gasteiger partial charge in [0.25, 0.3) is 5.91 Å². The largest absolute Gasteiger partial charge is 0.419 e. The number of thiophene rings is 1. The van der Waals surface area contributed by atoms with Crippen molar-refractivity contribution < 1.29 is 9.21 Å². The van der Waals surface area contributed by atoms with Gasteiger partial charge in [-0.1, -0.05) is 11.6 Å². The summed E-state index contributed by atoms with van der Waals surface area (Å²) in [4.78, 5) is 17.3. The summed E-state index contributed by atoms with van der Waals surface area (Å²) < 4.78 is 5.83. The minimum atomic E-state index is 0.0909. The Hall–Kier alpha value is -2.18. The van der Waals surface area contributed by atoms with Crippen molar-refractivity contribution in [3.63, 3.8) is 0 Å². The van der Waals surface area contributed by atoms with Gasteiger partial charge in [-0.05, 0) is 74.4 Å². The van der Waals surface area contributed by atoms with Crippen LogP contribution in [-0.4, -0.2) is 27.0 Å². The van der Waals surface area contributed by atoms with Gasteiger partial charge in [0.15, 0.2) is 0 Å². The van der Waals surface area contributed by atoms with Crippen LogP contribution in [0, 0.1) is 0 Å². The fourth-order valence-corrected chi connectivity index (χ4v) is 5.00. The van der Waals surface area contributed by atoms with E-state index in [1.807, 2.05) is 17.0 Å². The van der Waals surface area contributed by atoms with Crippen LogP contribution in [0.15, 0.2) is 34.7 Å². The number of rotatable bonds is 5. The maximum Gasteiger partial charge on any atom is 0.264 e. The SMILES string of the molecule is O=C(c1cc2c(s1)CCCC2)N(Cc1nnc(-c2ccc(Cl)cc2)o1)C1CC1. The van der Waals surface area contributed by atoms with Gasteiger partial charge in [0.1, 0.15) is 0 Å². The van der Waals surface area contributed by atoms with Crippen LogP contribution in [0.5, 0.6) is 0 Å². The molecular formula is C21H20ClN3O2S. The lowest BCUT2D eigenvalue weighted by Gasteiger charge is -2.19. The second-order valence-electron chi connectivity index (χ2n) is 7.44. The Morgan fingerprint density at radius 1 is 1.18 bits per heavy atom. The fourth-order valence-electron chi connectivity index (χ4n) is 3.66. The predicted molar refractivity (Wildman–Crippen MR) is 109 cm³/mol. The molecular weight excluding hydrogens is 394 g/mol. The van der Waals surface area contributed by atoms with E-state index in [0.29, 0.717) is 23.3 Å². The monoisotopic (exact) mass is 413 g/mol. The van der Waals surface area contributed by atoms with Gasteiger partial charge in [0.2, 0.25) is 11.8 Å². The molecule has 0 bridgehead atoms. The standard InChI is InChI=1S/C21H20ClN3O2S/c22-15-7-5-13(6-8-15)20-24-23-19(27-20)12-25(16-9-10-16)21(26)18-11-14-3-1-2-4-17(14)28-18/h5-8,11,16H,1-4,9-10,12H2. The van der Waals surface area contributed by atoms with E-state index >= 15 is 0 Å². The highest BCUT2D eigenvalue weighted by atomic mass is 35.5. The molecule has 144 valence electrons.